The molecule has 0 radical (unpaired) electrons. The third kappa shape index (κ3) is 2.95. The molecular weight excluding hydrogens is 236 g/mol. The molecule has 1 aromatic heterocycles. The van der Waals surface area contributed by atoms with Gasteiger partial charge in [-0.1, -0.05) is 11.3 Å². The molecule has 1 aliphatic rings. The summed E-state index contributed by atoms with van der Waals surface area (Å²) in [5.74, 6) is 0.0972. The number of nitrogens with one attached hydrogen (secondary N) is 2. The van der Waals surface area contributed by atoms with Gasteiger partial charge in [0.2, 0.25) is 0 Å². The summed E-state index contributed by atoms with van der Waals surface area (Å²) in [6, 6.07) is 0.369. The van der Waals surface area contributed by atoms with Gasteiger partial charge in [-0.15, -0.1) is 0 Å². The van der Waals surface area contributed by atoms with Crippen LogP contribution >= 0.6 is 11.3 Å². The van der Waals surface area contributed by atoms with Gasteiger partial charge in [0.25, 0.3) is 5.91 Å². The van der Waals surface area contributed by atoms with Crippen molar-refractivity contribution in [1.29, 1.82) is 0 Å². The van der Waals surface area contributed by atoms with Crippen LogP contribution in [0.15, 0.2) is 6.20 Å². The number of nitrogens with zero attached hydrogens (tertiary/aromatic N) is 2. The molecule has 0 bridgehead atoms. The SMILES string of the molecule is CCNc1ncc(C(=O)N2CCN[C@H](C)C2)s1. The van der Waals surface area contributed by atoms with E-state index in [2.05, 4.69) is 22.5 Å². The highest BCUT2D eigenvalue weighted by Crippen LogP contribution is 2.20. The highest BCUT2D eigenvalue weighted by molar-refractivity contribution is 7.17. The molecule has 1 aliphatic heterocycles. The molecule has 0 aliphatic carbocycles. The maximum atomic E-state index is 12.2. The Morgan fingerprint density at radius 3 is 3.29 bits per heavy atom. The Bertz CT molecular complexity index is 393. The summed E-state index contributed by atoms with van der Waals surface area (Å²) in [6.45, 7) is 7.35. The summed E-state index contributed by atoms with van der Waals surface area (Å²) in [5.41, 5.74) is 0. The van der Waals surface area contributed by atoms with Gasteiger partial charge in [0.15, 0.2) is 5.13 Å². The third-order valence-corrected chi connectivity index (χ3v) is 3.64. The summed E-state index contributed by atoms with van der Waals surface area (Å²) >= 11 is 1.43. The van der Waals surface area contributed by atoms with Gasteiger partial charge in [-0.25, -0.2) is 4.98 Å². The van der Waals surface area contributed by atoms with Gasteiger partial charge in [-0.3, -0.25) is 4.79 Å². The molecule has 2 rings (SSSR count). The van der Waals surface area contributed by atoms with E-state index < -0.39 is 0 Å². The van der Waals surface area contributed by atoms with E-state index in [4.69, 9.17) is 0 Å². The van der Waals surface area contributed by atoms with Gasteiger partial charge in [0.05, 0.1) is 6.20 Å². The van der Waals surface area contributed by atoms with Crippen LogP contribution in [0.3, 0.4) is 0 Å². The highest BCUT2D eigenvalue weighted by atomic mass is 32.1. The van der Waals surface area contributed by atoms with Gasteiger partial charge in [-0.2, -0.15) is 0 Å². The molecule has 1 atom stereocenters. The average Bonchev–Trinajstić information content (AvgIpc) is 2.77. The fraction of sp³-hybridized carbons (Fsp3) is 0.636. The molecule has 0 unspecified atom stereocenters. The summed E-state index contributed by atoms with van der Waals surface area (Å²) in [7, 11) is 0. The van der Waals surface area contributed by atoms with Crippen LogP contribution in [0, 0.1) is 0 Å². The largest absolute Gasteiger partial charge is 0.362 e. The number of piperazine rings is 1. The molecule has 0 saturated carbocycles. The Kier molecular flexibility index (Phi) is 3.96. The number of thiazole rings is 1. The van der Waals surface area contributed by atoms with Crippen molar-refractivity contribution in [2.75, 3.05) is 31.5 Å². The first-order chi connectivity index (χ1) is 8.20. The lowest BCUT2D eigenvalue weighted by Gasteiger charge is -2.31. The number of hydrogen-bond acceptors (Lipinski definition) is 5. The van der Waals surface area contributed by atoms with Gasteiger partial charge in [0.1, 0.15) is 4.88 Å². The summed E-state index contributed by atoms with van der Waals surface area (Å²) in [6.07, 6.45) is 1.66. The van der Waals surface area contributed by atoms with Crippen LogP contribution in [0.1, 0.15) is 23.5 Å². The Balaban J connectivity index is 2.02. The molecule has 2 N–H and O–H groups in total. The zero-order valence-electron chi connectivity index (χ0n) is 10.2. The van der Waals surface area contributed by atoms with Crippen LogP contribution in [0.25, 0.3) is 0 Å². The van der Waals surface area contributed by atoms with E-state index in [9.17, 15) is 4.79 Å². The zero-order valence-corrected chi connectivity index (χ0v) is 11.0. The predicted octanol–water partition coefficient (Wildman–Crippen LogP) is 1.01. The van der Waals surface area contributed by atoms with Crippen LogP contribution < -0.4 is 10.6 Å². The van der Waals surface area contributed by atoms with Crippen molar-refractivity contribution in [2.45, 2.75) is 19.9 Å². The first-order valence-electron chi connectivity index (χ1n) is 5.93. The van der Waals surface area contributed by atoms with Crippen molar-refractivity contribution in [1.82, 2.24) is 15.2 Å². The predicted molar refractivity (Wildman–Crippen MR) is 69.6 cm³/mol. The van der Waals surface area contributed by atoms with Crippen molar-refractivity contribution in [3.8, 4) is 0 Å². The molecule has 94 valence electrons. The minimum absolute atomic E-state index is 0.0972. The smallest absolute Gasteiger partial charge is 0.265 e. The summed E-state index contributed by atoms with van der Waals surface area (Å²) in [5, 5.41) is 7.26. The van der Waals surface area contributed by atoms with Crippen molar-refractivity contribution in [3.05, 3.63) is 11.1 Å². The molecule has 0 aromatic carbocycles. The molecular formula is C11H18N4OS. The van der Waals surface area contributed by atoms with Crippen LogP contribution in [0.4, 0.5) is 5.13 Å². The number of anilines is 1. The normalized spacial score (nSPS) is 20.4. The fourth-order valence-corrected chi connectivity index (χ4v) is 2.73. The molecule has 0 spiro atoms. The molecule has 1 aromatic rings. The Morgan fingerprint density at radius 1 is 1.76 bits per heavy atom. The van der Waals surface area contributed by atoms with Gasteiger partial charge in [0, 0.05) is 32.2 Å². The maximum absolute atomic E-state index is 12.2. The number of rotatable bonds is 3. The molecule has 1 amide bonds. The Hall–Kier alpha value is -1.14. The number of amides is 1. The number of aromatic nitrogens is 1. The summed E-state index contributed by atoms with van der Waals surface area (Å²) < 4.78 is 0. The van der Waals surface area contributed by atoms with Crippen LogP contribution in [-0.4, -0.2) is 48.0 Å². The number of carbonyl (C=O) groups excluding carboxylic acids is 1. The molecule has 1 saturated heterocycles. The first-order valence-corrected chi connectivity index (χ1v) is 6.74. The second-order valence-electron chi connectivity index (χ2n) is 4.17. The van der Waals surface area contributed by atoms with E-state index in [0.717, 1.165) is 36.2 Å². The van der Waals surface area contributed by atoms with E-state index in [0.29, 0.717) is 6.04 Å². The number of carbonyl (C=O) groups is 1. The topological polar surface area (TPSA) is 57.3 Å². The average molecular weight is 254 g/mol. The van der Waals surface area contributed by atoms with Crippen LogP contribution in [0.5, 0.6) is 0 Å². The summed E-state index contributed by atoms with van der Waals surface area (Å²) in [4.78, 5) is 19.0. The first kappa shape index (κ1) is 12.3. The molecule has 6 heteroatoms. The second-order valence-corrected chi connectivity index (χ2v) is 5.20. The maximum Gasteiger partial charge on any atom is 0.265 e. The quantitative estimate of drug-likeness (QED) is 0.845. The van der Waals surface area contributed by atoms with Crippen molar-refractivity contribution in [3.63, 3.8) is 0 Å². The monoisotopic (exact) mass is 254 g/mol. The minimum Gasteiger partial charge on any atom is -0.362 e. The lowest BCUT2D eigenvalue weighted by atomic mass is 10.2. The van der Waals surface area contributed by atoms with Crippen LogP contribution in [-0.2, 0) is 0 Å². The van der Waals surface area contributed by atoms with Gasteiger partial charge < -0.3 is 15.5 Å². The van der Waals surface area contributed by atoms with Crippen molar-refractivity contribution >= 4 is 22.4 Å². The van der Waals surface area contributed by atoms with Crippen molar-refractivity contribution in [2.24, 2.45) is 0 Å². The molecule has 2 heterocycles. The van der Waals surface area contributed by atoms with E-state index in [1.807, 2.05) is 11.8 Å². The molecule has 17 heavy (non-hydrogen) atoms. The van der Waals surface area contributed by atoms with E-state index in [-0.39, 0.29) is 5.91 Å². The zero-order chi connectivity index (χ0) is 12.3. The van der Waals surface area contributed by atoms with E-state index in [1.165, 1.54) is 11.3 Å². The van der Waals surface area contributed by atoms with Crippen LogP contribution in [0.2, 0.25) is 0 Å². The molecule has 1 fully saturated rings. The number of hydrogen-bond donors (Lipinski definition) is 2. The minimum atomic E-state index is 0.0972. The Labute approximate surface area is 105 Å². The third-order valence-electron chi connectivity index (χ3n) is 2.70. The highest BCUT2D eigenvalue weighted by Gasteiger charge is 2.23. The van der Waals surface area contributed by atoms with Crippen molar-refractivity contribution < 1.29 is 4.79 Å². The van der Waals surface area contributed by atoms with E-state index in [1.54, 1.807) is 6.20 Å². The Morgan fingerprint density at radius 2 is 2.59 bits per heavy atom. The lowest BCUT2D eigenvalue weighted by Crippen LogP contribution is -2.51. The second kappa shape index (κ2) is 5.46. The lowest BCUT2D eigenvalue weighted by molar-refractivity contribution is 0.0714. The van der Waals surface area contributed by atoms with Gasteiger partial charge >= 0.3 is 0 Å². The van der Waals surface area contributed by atoms with Gasteiger partial charge in [-0.05, 0) is 13.8 Å². The van der Waals surface area contributed by atoms with E-state index >= 15 is 0 Å². The standard InChI is InChI=1S/C11H18N4OS/c1-3-12-11-14-6-9(17-11)10(16)15-5-4-13-8(2)7-15/h6,8,13H,3-5,7H2,1-2H3,(H,12,14)/t8-/m1/s1. The molecule has 5 nitrogen and oxygen atoms in total. The fourth-order valence-electron chi connectivity index (χ4n) is 1.88.